The number of hydrogen-bond donors (Lipinski definition) is 1. The van der Waals surface area contributed by atoms with E-state index in [4.69, 9.17) is 9.15 Å². The van der Waals surface area contributed by atoms with Crippen molar-refractivity contribution >= 4 is 11.1 Å². The highest BCUT2D eigenvalue weighted by molar-refractivity contribution is 5.72. The Bertz CT molecular complexity index is 456. The molecular weight excluding hydrogens is 216 g/mol. The van der Waals surface area contributed by atoms with Crippen molar-refractivity contribution in [2.75, 3.05) is 19.7 Å². The van der Waals surface area contributed by atoms with Crippen LogP contribution in [0.3, 0.4) is 0 Å². The quantitative estimate of drug-likeness (QED) is 0.881. The summed E-state index contributed by atoms with van der Waals surface area (Å²) in [4.78, 5) is 4.29. The van der Waals surface area contributed by atoms with Gasteiger partial charge in [0.2, 0.25) is 0 Å². The van der Waals surface area contributed by atoms with Crippen LogP contribution in [-0.4, -0.2) is 24.7 Å². The van der Waals surface area contributed by atoms with E-state index in [1.54, 1.807) is 0 Å². The van der Waals surface area contributed by atoms with Gasteiger partial charge in [0.05, 0.1) is 6.61 Å². The molecule has 1 fully saturated rings. The van der Waals surface area contributed by atoms with E-state index in [-0.39, 0.29) is 0 Å². The van der Waals surface area contributed by atoms with Crippen LogP contribution in [-0.2, 0) is 0 Å². The first-order valence-electron chi connectivity index (χ1n) is 6.11. The maximum atomic E-state index is 5.61. The summed E-state index contributed by atoms with van der Waals surface area (Å²) in [6.07, 6.45) is 2.83. The summed E-state index contributed by atoms with van der Waals surface area (Å²) in [5.41, 5.74) is 1.63. The van der Waals surface area contributed by atoms with Crippen LogP contribution >= 0.6 is 0 Å². The number of rotatable bonds is 3. The molecule has 0 bridgehead atoms. The molecule has 0 radical (unpaired) electrons. The maximum Gasteiger partial charge on any atom is 0.394 e. The van der Waals surface area contributed by atoms with Gasteiger partial charge in [-0.05, 0) is 31.5 Å². The van der Waals surface area contributed by atoms with Crippen molar-refractivity contribution in [3.8, 4) is 6.08 Å². The number of piperidine rings is 1. The molecule has 4 heteroatoms. The van der Waals surface area contributed by atoms with E-state index in [0.717, 1.165) is 24.2 Å². The molecule has 1 aromatic carbocycles. The average molecular weight is 232 g/mol. The minimum atomic E-state index is 0.386. The van der Waals surface area contributed by atoms with Crippen LogP contribution in [0.4, 0.5) is 0 Å². The molecule has 2 aromatic rings. The van der Waals surface area contributed by atoms with Crippen LogP contribution in [0.2, 0.25) is 0 Å². The van der Waals surface area contributed by atoms with Crippen molar-refractivity contribution < 1.29 is 9.15 Å². The molecule has 0 unspecified atom stereocenters. The van der Waals surface area contributed by atoms with Crippen molar-refractivity contribution in [2.45, 2.75) is 12.8 Å². The summed E-state index contributed by atoms with van der Waals surface area (Å²) < 4.78 is 11.1. The Labute approximate surface area is 100.0 Å². The summed E-state index contributed by atoms with van der Waals surface area (Å²) in [7, 11) is 0. The Balaban J connectivity index is 1.64. The Kier molecular flexibility index (Phi) is 2.96. The summed E-state index contributed by atoms with van der Waals surface area (Å²) in [6, 6.07) is 7.70. The lowest BCUT2D eigenvalue weighted by Gasteiger charge is -2.21. The fraction of sp³-hybridized carbons (Fsp3) is 0.462. The normalized spacial score (nSPS) is 20.6. The van der Waals surface area contributed by atoms with E-state index >= 15 is 0 Å². The Morgan fingerprint density at radius 1 is 1.41 bits per heavy atom. The molecule has 1 aliphatic rings. The zero-order chi connectivity index (χ0) is 11.5. The van der Waals surface area contributed by atoms with Gasteiger partial charge >= 0.3 is 6.08 Å². The molecular formula is C13H16N2O2. The Morgan fingerprint density at radius 2 is 2.35 bits per heavy atom. The fourth-order valence-electron chi connectivity index (χ4n) is 2.17. The van der Waals surface area contributed by atoms with E-state index in [0.29, 0.717) is 18.6 Å². The van der Waals surface area contributed by atoms with E-state index in [1.807, 2.05) is 24.3 Å². The Morgan fingerprint density at radius 3 is 3.18 bits per heavy atom. The van der Waals surface area contributed by atoms with E-state index < -0.39 is 0 Å². The average Bonchev–Trinajstić information content (AvgIpc) is 2.80. The molecule has 1 N–H and O–H groups in total. The van der Waals surface area contributed by atoms with Gasteiger partial charge in [0, 0.05) is 12.5 Å². The van der Waals surface area contributed by atoms with Crippen molar-refractivity contribution in [2.24, 2.45) is 5.92 Å². The number of benzene rings is 1. The van der Waals surface area contributed by atoms with Crippen LogP contribution in [0.25, 0.3) is 11.1 Å². The first-order valence-corrected chi connectivity index (χ1v) is 6.11. The third-order valence-electron chi connectivity index (χ3n) is 3.12. The van der Waals surface area contributed by atoms with Crippen molar-refractivity contribution in [3.05, 3.63) is 24.3 Å². The number of ether oxygens (including phenoxy) is 1. The largest absolute Gasteiger partial charge is 0.450 e. The molecule has 2 heterocycles. The number of para-hydroxylation sites is 2. The predicted molar refractivity (Wildman–Crippen MR) is 65.1 cm³/mol. The first kappa shape index (κ1) is 10.6. The van der Waals surface area contributed by atoms with Gasteiger partial charge in [0.1, 0.15) is 5.52 Å². The predicted octanol–water partition coefficient (Wildman–Crippen LogP) is 2.21. The molecule has 3 rings (SSSR count). The minimum Gasteiger partial charge on any atom is -0.450 e. The van der Waals surface area contributed by atoms with Gasteiger partial charge in [0.15, 0.2) is 5.58 Å². The minimum absolute atomic E-state index is 0.386. The molecule has 1 saturated heterocycles. The van der Waals surface area contributed by atoms with Gasteiger partial charge in [-0.2, -0.15) is 4.98 Å². The van der Waals surface area contributed by atoms with Gasteiger partial charge in [-0.25, -0.2) is 0 Å². The highest BCUT2D eigenvalue weighted by Gasteiger charge is 2.15. The number of nitrogens with zero attached hydrogens (tertiary/aromatic N) is 1. The SMILES string of the molecule is c1ccc2oc(OC[C@H]3CCCNC3)nc2c1. The molecule has 1 aromatic heterocycles. The second kappa shape index (κ2) is 4.75. The summed E-state index contributed by atoms with van der Waals surface area (Å²) >= 11 is 0. The lowest BCUT2D eigenvalue weighted by molar-refractivity contribution is 0.175. The molecule has 0 aliphatic carbocycles. The summed E-state index contributed by atoms with van der Waals surface area (Å²) in [5, 5.41) is 3.37. The third-order valence-corrected chi connectivity index (χ3v) is 3.12. The molecule has 0 saturated carbocycles. The van der Waals surface area contributed by atoms with E-state index in [2.05, 4.69) is 10.3 Å². The third kappa shape index (κ3) is 2.42. The van der Waals surface area contributed by atoms with Gasteiger partial charge in [0.25, 0.3) is 0 Å². The zero-order valence-corrected chi connectivity index (χ0v) is 9.69. The second-order valence-electron chi connectivity index (χ2n) is 4.47. The number of aromatic nitrogens is 1. The first-order chi connectivity index (χ1) is 8.42. The molecule has 1 aliphatic heterocycles. The van der Waals surface area contributed by atoms with Gasteiger partial charge in [-0.15, -0.1) is 0 Å². The van der Waals surface area contributed by atoms with Crippen molar-refractivity contribution in [1.82, 2.24) is 10.3 Å². The lowest BCUT2D eigenvalue weighted by atomic mass is 10.0. The number of oxazole rings is 1. The van der Waals surface area contributed by atoms with E-state index in [9.17, 15) is 0 Å². The molecule has 0 spiro atoms. The van der Waals surface area contributed by atoms with Crippen LogP contribution in [0.15, 0.2) is 28.7 Å². The zero-order valence-electron chi connectivity index (χ0n) is 9.69. The van der Waals surface area contributed by atoms with Gasteiger partial charge in [-0.1, -0.05) is 12.1 Å². The number of fused-ring (bicyclic) bond motifs is 1. The van der Waals surface area contributed by atoms with Crippen LogP contribution < -0.4 is 10.1 Å². The van der Waals surface area contributed by atoms with Crippen molar-refractivity contribution in [3.63, 3.8) is 0 Å². The summed E-state index contributed by atoms with van der Waals surface area (Å²) in [6.45, 7) is 2.83. The number of hydrogen-bond acceptors (Lipinski definition) is 4. The van der Waals surface area contributed by atoms with Crippen LogP contribution in [0.1, 0.15) is 12.8 Å². The topological polar surface area (TPSA) is 47.3 Å². The van der Waals surface area contributed by atoms with Crippen LogP contribution in [0.5, 0.6) is 6.08 Å². The van der Waals surface area contributed by atoms with E-state index in [1.165, 1.54) is 12.8 Å². The molecule has 17 heavy (non-hydrogen) atoms. The van der Waals surface area contributed by atoms with Gasteiger partial charge < -0.3 is 14.5 Å². The summed E-state index contributed by atoms with van der Waals surface area (Å²) in [5.74, 6) is 0.568. The maximum absolute atomic E-state index is 5.61. The van der Waals surface area contributed by atoms with Gasteiger partial charge in [-0.3, -0.25) is 0 Å². The van der Waals surface area contributed by atoms with Crippen LogP contribution in [0, 0.1) is 5.92 Å². The molecule has 90 valence electrons. The number of nitrogens with one attached hydrogen (secondary N) is 1. The standard InChI is InChI=1S/C13H16N2O2/c1-2-6-12-11(5-1)15-13(17-12)16-9-10-4-3-7-14-8-10/h1-2,5-6,10,14H,3-4,7-9H2/t10-/m0/s1. The molecule has 0 amide bonds. The lowest BCUT2D eigenvalue weighted by Crippen LogP contribution is -2.33. The Hall–Kier alpha value is -1.55. The molecule has 4 nitrogen and oxygen atoms in total. The fourth-order valence-corrected chi connectivity index (χ4v) is 2.17. The highest BCUT2D eigenvalue weighted by Crippen LogP contribution is 2.21. The highest BCUT2D eigenvalue weighted by atomic mass is 16.6. The smallest absolute Gasteiger partial charge is 0.394 e. The van der Waals surface area contributed by atoms with Crippen molar-refractivity contribution in [1.29, 1.82) is 0 Å². The second-order valence-corrected chi connectivity index (χ2v) is 4.47. The molecule has 1 atom stereocenters. The monoisotopic (exact) mass is 232 g/mol.